The van der Waals surface area contributed by atoms with Crippen LogP contribution in [0.3, 0.4) is 0 Å². The molecule has 0 saturated heterocycles. The maximum absolute atomic E-state index is 12.5. The van der Waals surface area contributed by atoms with Crippen molar-refractivity contribution >= 4 is 43.5 Å². The van der Waals surface area contributed by atoms with Gasteiger partial charge in [0.15, 0.2) is 0 Å². The highest BCUT2D eigenvalue weighted by molar-refractivity contribution is 9.11. The van der Waals surface area contributed by atoms with E-state index in [2.05, 4.69) is 31.9 Å². The van der Waals surface area contributed by atoms with E-state index >= 15 is 0 Å². The van der Waals surface area contributed by atoms with Crippen molar-refractivity contribution in [3.05, 3.63) is 62.5 Å². The van der Waals surface area contributed by atoms with Gasteiger partial charge in [0.25, 0.3) is 5.91 Å². The number of benzene rings is 2. The van der Waals surface area contributed by atoms with Gasteiger partial charge >= 0.3 is 0 Å². The summed E-state index contributed by atoms with van der Waals surface area (Å²) in [5.74, 6) is -0.0428. The predicted molar refractivity (Wildman–Crippen MR) is 85.8 cm³/mol. The zero-order valence-corrected chi connectivity index (χ0v) is 13.8. The number of carbonyl (C=O) groups excluding carboxylic acids is 1. The van der Waals surface area contributed by atoms with Crippen LogP contribution in [0.5, 0.6) is 0 Å². The molecule has 2 nitrogen and oxygen atoms in total. The Morgan fingerprint density at radius 3 is 2.53 bits per heavy atom. The second kappa shape index (κ2) is 5.88. The summed E-state index contributed by atoms with van der Waals surface area (Å²) in [6.45, 7) is 2.01. The van der Waals surface area contributed by atoms with Gasteiger partial charge in [-0.3, -0.25) is 4.79 Å². The monoisotopic (exact) mass is 381 g/mol. The number of halogens is 2. The molecule has 0 aromatic heterocycles. The van der Waals surface area contributed by atoms with Gasteiger partial charge in [-0.1, -0.05) is 28.1 Å². The first-order chi connectivity index (χ1) is 8.99. The molecular weight excluding hydrogens is 370 g/mol. The van der Waals surface area contributed by atoms with Crippen LogP contribution in [0.1, 0.15) is 15.9 Å². The van der Waals surface area contributed by atoms with Crippen LogP contribution in [0.4, 0.5) is 5.69 Å². The molecule has 0 heterocycles. The number of nitrogens with zero attached hydrogens (tertiary/aromatic N) is 1. The summed E-state index contributed by atoms with van der Waals surface area (Å²) in [6, 6.07) is 13.5. The minimum atomic E-state index is -0.0428. The van der Waals surface area contributed by atoms with E-state index in [4.69, 9.17) is 0 Å². The smallest absolute Gasteiger partial charge is 0.259 e. The lowest BCUT2D eigenvalue weighted by Gasteiger charge is -2.18. The third-order valence-corrected chi connectivity index (χ3v) is 4.04. The summed E-state index contributed by atoms with van der Waals surface area (Å²) in [6.07, 6.45) is 0. The zero-order valence-electron chi connectivity index (χ0n) is 10.7. The molecule has 0 saturated carbocycles. The third-order valence-electron chi connectivity index (χ3n) is 2.85. The third kappa shape index (κ3) is 3.25. The molecule has 2 aromatic carbocycles. The average molecular weight is 383 g/mol. The number of carbonyl (C=O) groups is 1. The lowest BCUT2D eigenvalue weighted by Crippen LogP contribution is -2.26. The molecule has 0 radical (unpaired) electrons. The molecule has 98 valence electrons. The molecule has 0 atom stereocenters. The van der Waals surface area contributed by atoms with Crippen LogP contribution in [0, 0.1) is 6.92 Å². The van der Waals surface area contributed by atoms with E-state index in [1.54, 1.807) is 11.9 Å². The Kier molecular flexibility index (Phi) is 4.42. The largest absolute Gasteiger partial charge is 0.311 e. The Morgan fingerprint density at radius 2 is 1.84 bits per heavy atom. The molecule has 0 spiro atoms. The van der Waals surface area contributed by atoms with Gasteiger partial charge in [-0.2, -0.15) is 0 Å². The van der Waals surface area contributed by atoms with Crippen LogP contribution in [0.25, 0.3) is 0 Å². The Balaban J connectivity index is 2.36. The molecule has 0 aliphatic carbocycles. The molecule has 1 amide bonds. The number of hydrogen-bond donors (Lipinski definition) is 0. The van der Waals surface area contributed by atoms with Gasteiger partial charge in [0.05, 0.1) is 5.56 Å². The fourth-order valence-corrected chi connectivity index (χ4v) is 2.57. The fraction of sp³-hybridized carbons (Fsp3) is 0.133. The van der Waals surface area contributed by atoms with Gasteiger partial charge in [-0.05, 0) is 58.7 Å². The molecule has 4 heteroatoms. The van der Waals surface area contributed by atoms with Crippen LogP contribution in [-0.2, 0) is 0 Å². The van der Waals surface area contributed by atoms with Crippen LogP contribution in [-0.4, -0.2) is 13.0 Å². The quantitative estimate of drug-likeness (QED) is 0.730. The second-order valence-corrected chi connectivity index (χ2v) is 6.10. The fourth-order valence-electron chi connectivity index (χ4n) is 1.80. The van der Waals surface area contributed by atoms with E-state index in [-0.39, 0.29) is 5.91 Å². The summed E-state index contributed by atoms with van der Waals surface area (Å²) in [5.41, 5.74) is 2.65. The molecule has 19 heavy (non-hydrogen) atoms. The van der Waals surface area contributed by atoms with Crippen LogP contribution in [0.2, 0.25) is 0 Å². The molecular formula is C15H13Br2NO. The normalized spacial score (nSPS) is 10.3. The van der Waals surface area contributed by atoms with E-state index in [9.17, 15) is 4.79 Å². The van der Waals surface area contributed by atoms with Gasteiger partial charge in [0, 0.05) is 21.7 Å². The molecule has 0 N–H and O–H groups in total. The first-order valence-electron chi connectivity index (χ1n) is 5.79. The second-order valence-electron chi connectivity index (χ2n) is 4.33. The first kappa shape index (κ1) is 14.3. The lowest BCUT2D eigenvalue weighted by atomic mass is 10.1. The maximum atomic E-state index is 12.5. The lowest BCUT2D eigenvalue weighted by molar-refractivity contribution is 0.0992. The number of aryl methyl sites for hydroxylation is 1. The van der Waals surface area contributed by atoms with E-state index in [1.807, 2.05) is 49.4 Å². The standard InChI is InChI=1S/C15H13Br2NO/c1-10-4-3-5-12(8-10)18(2)15(19)13-9-11(16)6-7-14(13)17/h3-9H,1-2H3. The highest BCUT2D eigenvalue weighted by Gasteiger charge is 2.16. The van der Waals surface area contributed by atoms with Crippen LogP contribution < -0.4 is 4.90 Å². The van der Waals surface area contributed by atoms with Crippen molar-refractivity contribution in [2.24, 2.45) is 0 Å². The number of amides is 1. The number of rotatable bonds is 2. The Morgan fingerprint density at radius 1 is 1.11 bits per heavy atom. The summed E-state index contributed by atoms with van der Waals surface area (Å²) < 4.78 is 1.68. The molecule has 0 fully saturated rings. The minimum absolute atomic E-state index is 0.0428. The summed E-state index contributed by atoms with van der Waals surface area (Å²) in [4.78, 5) is 14.2. The van der Waals surface area contributed by atoms with Gasteiger partial charge < -0.3 is 4.90 Å². The van der Waals surface area contributed by atoms with E-state index in [0.29, 0.717) is 5.56 Å². The first-order valence-corrected chi connectivity index (χ1v) is 7.37. The molecule has 0 bridgehead atoms. The zero-order chi connectivity index (χ0) is 14.0. The number of hydrogen-bond acceptors (Lipinski definition) is 1. The van der Waals surface area contributed by atoms with Gasteiger partial charge in [-0.15, -0.1) is 0 Å². The van der Waals surface area contributed by atoms with Gasteiger partial charge in [0.1, 0.15) is 0 Å². The van der Waals surface area contributed by atoms with Crippen LogP contribution in [0.15, 0.2) is 51.4 Å². The SMILES string of the molecule is Cc1cccc(N(C)C(=O)c2cc(Br)ccc2Br)c1. The van der Waals surface area contributed by atoms with Gasteiger partial charge in [0.2, 0.25) is 0 Å². The van der Waals surface area contributed by atoms with E-state index in [0.717, 1.165) is 20.2 Å². The van der Waals surface area contributed by atoms with E-state index in [1.165, 1.54) is 0 Å². The molecule has 0 aliphatic heterocycles. The van der Waals surface area contributed by atoms with Gasteiger partial charge in [-0.25, -0.2) is 0 Å². The highest BCUT2D eigenvalue weighted by atomic mass is 79.9. The molecule has 0 aliphatic rings. The Bertz CT molecular complexity index is 625. The van der Waals surface area contributed by atoms with Crippen molar-refractivity contribution in [2.75, 3.05) is 11.9 Å². The van der Waals surface area contributed by atoms with Crippen molar-refractivity contribution in [3.8, 4) is 0 Å². The van der Waals surface area contributed by atoms with Crippen LogP contribution >= 0.6 is 31.9 Å². The summed E-state index contributed by atoms with van der Waals surface area (Å²) in [5, 5.41) is 0. The Labute approximate surface area is 129 Å². The summed E-state index contributed by atoms with van der Waals surface area (Å²) >= 11 is 6.81. The Hall–Kier alpha value is -1.13. The minimum Gasteiger partial charge on any atom is -0.311 e. The van der Waals surface area contributed by atoms with Crippen molar-refractivity contribution in [1.82, 2.24) is 0 Å². The molecule has 2 rings (SSSR count). The number of anilines is 1. The van der Waals surface area contributed by atoms with Crippen molar-refractivity contribution in [1.29, 1.82) is 0 Å². The topological polar surface area (TPSA) is 20.3 Å². The van der Waals surface area contributed by atoms with E-state index < -0.39 is 0 Å². The van der Waals surface area contributed by atoms with Crippen molar-refractivity contribution in [3.63, 3.8) is 0 Å². The molecule has 0 unspecified atom stereocenters. The summed E-state index contributed by atoms with van der Waals surface area (Å²) in [7, 11) is 1.78. The average Bonchev–Trinajstić information content (AvgIpc) is 2.40. The predicted octanol–water partition coefficient (Wildman–Crippen LogP) is 4.80. The van der Waals surface area contributed by atoms with Crippen molar-refractivity contribution < 1.29 is 4.79 Å². The maximum Gasteiger partial charge on any atom is 0.259 e. The highest BCUT2D eigenvalue weighted by Crippen LogP contribution is 2.25. The molecule has 2 aromatic rings. The van der Waals surface area contributed by atoms with Crippen molar-refractivity contribution in [2.45, 2.75) is 6.92 Å².